The fourth-order valence-electron chi connectivity index (χ4n) is 1.75. The zero-order valence-corrected chi connectivity index (χ0v) is 11.3. The van der Waals surface area contributed by atoms with Crippen LogP contribution < -0.4 is 5.73 Å². The van der Waals surface area contributed by atoms with Gasteiger partial charge in [0.15, 0.2) is 0 Å². The molecule has 0 bridgehead atoms. The van der Waals surface area contributed by atoms with Gasteiger partial charge in [-0.3, -0.25) is 4.98 Å². The van der Waals surface area contributed by atoms with Crippen molar-refractivity contribution >= 4 is 0 Å². The van der Waals surface area contributed by atoms with Crippen LogP contribution in [0.4, 0.5) is 0 Å². The molecule has 0 aliphatic rings. The van der Waals surface area contributed by atoms with E-state index < -0.39 is 5.54 Å². The molecule has 0 amide bonds. The van der Waals surface area contributed by atoms with Crippen molar-refractivity contribution in [1.29, 1.82) is 5.26 Å². The van der Waals surface area contributed by atoms with Gasteiger partial charge < -0.3 is 10.6 Å². The number of nitrogens with zero attached hydrogens (tertiary/aromatic N) is 3. The molecule has 4 nitrogen and oxygen atoms in total. The molecule has 0 saturated heterocycles. The Hall–Kier alpha value is -1.44. The third kappa shape index (κ3) is 5.76. The normalized spacial score (nSPS) is 14.2. The molecule has 2 N–H and O–H groups in total. The van der Waals surface area contributed by atoms with E-state index in [1.54, 1.807) is 6.92 Å². The van der Waals surface area contributed by atoms with Crippen LogP contribution in [0.2, 0.25) is 0 Å². The molecule has 0 saturated carbocycles. The first-order valence-electron chi connectivity index (χ1n) is 6.31. The van der Waals surface area contributed by atoms with Crippen molar-refractivity contribution in [2.75, 3.05) is 20.1 Å². The lowest BCUT2D eigenvalue weighted by Crippen LogP contribution is -2.35. The van der Waals surface area contributed by atoms with E-state index in [0.29, 0.717) is 0 Å². The highest BCUT2D eigenvalue weighted by molar-refractivity contribution is 5.09. The molecular formula is C14H22N4. The molecule has 0 fully saturated rings. The van der Waals surface area contributed by atoms with E-state index in [1.807, 2.05) is 24.5 Å². The summed E-state index contributed by atoms with van der Waals surface area (Å²) in [4.78, 5) is 6.27. The molecule has 4 heteroatoms. The lowest BCUT2D eigenvalue weighted by Gasteiger charge is -2.19. The second-order valence-electron chi connectivity index (χ2n) is 5.04. The summed E-state index contributed by atoms with van der Waals surface area (Å²) >= 11 is 0. The maximum absolute atomic E-state index is 8.82. The average Bonchev–Trinajstić information content (AvgIpc) is 2.37. The van der Waals surface area contributed by atoms with Crippen LogP contribution in [0.25, 0.3) is 0 Å². The first kappa shape index (κ1) is 14.6. The van der Waals surface area contributed by atoms with E-state index in [9.17, 15) is 0 Å². The van der Waals surface area contributed by atoms with E-state index in [4.69, 9.17) is 11.0 Å². The highest BCUT2D eigenvalue weighted by atomic mass is 15.1. The van der Waals surface area contributed by atoms with E-state index in [-0.39, 0.29) is 0 Å². The standard InChI is InChI=1S/C14H22N4/c1-14(16,12-15)7-3-10-18(2)11-6-13-4-8-17-9-5-13/h4-5,8-9H,3,6-7,10-11,16H2,1-2H3. The summed E-state index contributed by atoms with van der Waals surface area (Å²) < 4.78 is 0. The minimum Gasteiger partial charge on any atom is -0.314 e. The minimum atomic E-state index is -0.689. The SMILES string of the molecule is CN(CCCC(C)(N)C#N)CCc1ccncc1. The van der Waals surface area contributed by atoms with Gasteiger partial charge in [-0.25, -0.2) is 0 Å². The predicted octanol–water partition coefficient (Wildman–Crippen LogP) is 1.58. The highest BCUT2D eigenvalue weighted by Crippen LogP contribution is 2.08. The van der Waals surface area contributed by atoms with Crippen LogP contribution >= 0.6 is 0 Å². The second kappa shape index (κ2) is 7.10. The van der Waals surface area contributed by atoms with Crippen LogP contribution in [-0.4, -0.2) is 35.6 Å². The molecule has 1 rings (SSSR count). The molecule has 1 atom stereocenters. The van der Waals surface area contributed by atoms with Gasteiger partial charge in [-0.05, 0) is 57.5 Å². The van der Waals surface area contributed by atoms with Crippen molar-refractivity contribution in [3.05, 3.63) is 30.1 Å². The summed E-state index contributed by atoms with van der Waals surface area (Å²) in [6, 6.07) is 6.21. The van der Waals surface area contributed by atoms with Gasteiger partial charge >= 0.3 is 0 Å². The van der Waals surface area contributed by atoms with Gasteiger partial charge in [0.2, 0.25) is 0 Å². The Labute approximate surface area is 109 Å². The minimum absolute atomic E-state index is 0.689. The Morgan fingerprint density at radius 1 is 1.39 bits per heavy atom. The summed E-state index contributed by atoms with van der Waals surface area (Å²) in [6.07, 6.45) is 6.36. The van der Waals surface area contributed by atoms with Crippen LogP contribution in [-0.2, 0) is 6.42 Å². The third-order valence-electron chi connectivity index (χ3n) is 3.02. The molecule has 1 aromatic heterocycles. The number of nitrogens with two attached hydrogens (primary N) is 1. The van der Waals surface area contributed by atoms with E-state index in [1.165, 1.54) is 5.56 Å². The maximum atomic E-state index is 8.82. The lowest BCUT2D eigenvalue weighted by molar-refractivity contribution is 0.319. The Balaban J connectivity index is 2.19. The predicted molar refractivity (Wildman–Crippen MR) is 72.9 cm³/mol. The van der Waals surface area contributed by atoms with Crippen molar-refractivity contribution in [2.24, 2.45) is 5.73 Å². The number of aromatic nitrogens is 1. The highest BCUT2D eigenvalue weighted by Gasteiger charge is 2.16. The molecule has 1 heterocycles. The van der Waals surface area contributed by atoms with Crippen LogP contribution in [0, 0.1) is 11.3 Å². The molecule has 0 spiro atoms. The van der Waals surface area contributed by atoms with Gasteiger partial charge in [0.05, 0.1) is 6.07 Å². The van der Waals surface area contributed by atoms with Crippen LogP contribution in [0.5, 0.6) is 0 Å². The van der Waals surface area contributed by atoms with Crippen molar-refractivity contribution in [3.63, 3.8) is 0 Å². The number of rotatable bonds is 7. The molecule has 0 aliphatic heterocycles. The fourth-order valence-corrected chi connectivity index (χ4v) is 1.75. The number of nitriles is 1. The number of hydrogen-bond donors (Lipinski definition) is 1. The van der Waals surface area contributed by atoms with Gasteiger partial charge in [0.1, 0.15) is 5.54 Å². The van der Waals surface area contributed by atoms with Gasteiger partial charge in [0.25, 0.3) is 0 Å². The number of hydrogen-bond acceptors (Lipinski definition) is 4. The molecular weight excluding hydrogens is 224 g/mol. The maximum Gasteiger partial charge on any atom is 0.101 e. The van der Waals surface area contributed by atoms with Crippen molar-refractivity contribution in [2.45, 2.75) is 31.7 Å². The number of pyridine rings is 1. The zero-order valence-electron chi connectivity index (χ0n) is 11.3. The van der Waals surface area contributed by atoms with Gasteiger partial charge in [-0.2, -0.15) is 5.26 Å². The number of likely N-dealkylation sites (N-methyl/N-ethyl adjacent to an activating group) is 1. The summed E-state index contributed by atoms with van der Waals surface area (Å²) in [6.45, 7) is 3.77. The Bertz CT molecular complexity index is 381. The lowest BCUT2D eigenvalue weighted by atomic mass is 9.99. The van der Waals surface area contributed by atoms with Crippen LogP contribution in [0.15, 0.2) is 24.5 Å². The van der Waals surface area contributed by atoms with Crippen LogP contribution in [0.1, 0.15) is 25.3 Å². The van der Waals surface area contributed by atoms with Crippen molar-refractivity contribution in [3.8, 4) is 6.07 Å². The van der Waals surface area contributed by atoms with Gasteiger partial charge in [-0.15, -0.1) is 0 Å². The van der Waals surface area contributed by atoms with Crippen molar-refractivity contribution in [1.82, 2.24) is 9.88 Å². The first-order valence-corrected chi connectivity index (χ1v) is 6.31. The quantitative estimate of drug-likeness (QED) is 0.793. The largest absolute Gasteiger partial charge is 0.314 e. The van der Waals surface area contributed by atoms with Crippen molar-refractivity contribution < 1.29 is 0 Å². The van der Waals surface area contributed by atoms with Gasteiger partial charge in [0, 0.05) is 18.9 Å². The van der Waals surface area contributed by atoms with E-state index in [2.05, 4.69) is 23.0 Å². The molecule has 98 valence electrons. The summed E-state index contributed by atoms with van der Waals surface area (Å²) in [5.41, 5.74) is 6.40. The first-order chi connectivity index (χ1) is 8.53. The average molecular weight is 246 g/mol. The summed E-state index contributed by atoms with van der Waals surface area (Å²) in [5.74, 6) is 0. The van der Waals surface area contributed by atoms with E-state index in [0.717, 1.165) is 32.4 Å². The topological polar surface area (TPSA) is 65.9 Å². The molecule has 1 aromatic rings. The second-order valence-corrected chi connectivity index (χ2v) is 5.04. The third-order valence-corrected chi connectivity index (χ3v) is 3.02. The summed E-state index contributed by atoms with van der Waals surface area (Å²) in [5, 5.41) is 8.82. The van der Waals surface area contributed by atoms with Gasteiger partial charge in [-0.1, -0.05) is 0 Å². The Morgan fingerprint density at radius 3 is 2.67 bits per heavy atom. The summed E-state index contributed by atoms with van der Waals surface area (Å²) in [7, 11) is 2.10. The molecule has 0 radical (unpaired) electrons. The Morgan fingerprint density at radius 2 is 2.06 bits per heavy atom. The van der Waals surface area contributed by atoms with Crippen LogP contribution in [0.3, 0.4) is 0 Å². The fraction of sp³-hybridized carbons (Fsp3) is 0.571. The van der Waals surface area contributed by atoms with E-state index >= 15 is 0 Å². The molecule has 1 unspecified atom stereocenters. The molecule has 0 aliphatic carbocycles. The smallest absolute Gasteiger partial charge is 0.101 e. The monoisotopic (exact) mass is 246 g/mol. The Kier molecular flexibility index (Phi) is 5.76. The molecule has 0 aromatic carbocycles. The zero-order chi connectivity index (χ0) is 13.4. The molecule has 18 heavy (non-hydrogen) atoms.